The summed E-state index contributed by atoms with van der Waals surface area (Å²) in [7, 11) is 0. The third-order valence-corrected chi connectivity index (χ3v) is 5.79. The molecule has 0 saturated heterocycles. The highest BCUT2D eigenvalue weighted by Crippen LogP contribution is 2.33. The van der Waals surface area contributed by atoms with Gasteiger partial charge in [-0.15, -0.1) is 0 Å². The Labute approximate surface area is 170 Å². The van der Waals surface area contributed by atoms with Crippen LogP contribution in [-0.4, -0.2) is 27.1 Å². The zero-order valence-electron chi connectivity index (χ0n) is 17.4. The number of fused-ring (bicyclic) bond motifs is 1. The third kappa shape index (κ3) is 3.71. The lowest BCUT2D eigenvalue weighted by Crippen LogP contribution is -2.39. The van der Waals surface area contributed by atoms with E-state index >= 15 is 0 Å². The molecule has 2 heterocycles. The number of hydrogen-bond acceptors (Lipinski definition) is 4. The van der Waals surface area contributed by atoms with E-state index in [2.05, 4.69) is 36.4 Å². The number of allylic oxidation sites excluding steroid dienone is 1. The van der Waals surface area contributed by atoms with Crippen molar-refractivity contribution in [2.45, 2.75) is 65.0 Å². The molecule has 0 bridgehead atoms. The summed E-state index contributed by atoms with van der Waals surface area (Å²) in [6, 6.07) is 6.07. The summed E-state index contributed by atoms with van der Waals surface area (Å²) >= 11 is 0. The molecule has 1 atom stereocenters. The number of carbonyl (C=O) groups excluding carboxylic acids is 2. The van der Waals surface area contributed by atoms with E-state index in [-0.39, 0.29) is 29.9 Å². The first kappa shape index (κ1) is 19.4. The number of carbonyl (C=O) groups is 2. The molecule has 1 amide bonds. The van der Waals surface area contributed by atoms with E-state index in [0.717, 1.165) is 36.2 Å². The number of ketones is 1. The fourth-order valence-corrected chi connectivity index (χ4v) is 4.20. The highest BCUT2D eigenvalue weighted by Gasteiger charge is 2.33. The molecule has 0 fully saturated rings. The van der Waals surface area contributed by atoms with E-state index in [1.807, 2.05) is 30.8 Å². The van der Waals surface area contributed by atoms with Crippen LogP contribution in [0.25, 0.3) is 5.69 Å². The highest BCUT2D eigenvalue weighted by molar-refractivity contribution is 6.01. The van der Waals surface area contributed by atoms with E-state index in [0.29, 0.717) is 0 Å². The van der Waals surface area contributed by atoms with Crippen molar-refractivity contribution in [1.29, 1.82) is 0 Å². The largest absolute Gasteiger partial charge is 0.482 e. The first-order valence-electron chi connectivity index (χ1n) is 10.1. The number of aryl methyl sites for hydroxylation is 1. The molecule has 1 aromatic heterocycles. The van der Waals surface area contributed by atoms with Gasteiger partial charge >= 0.3 is 0 Å². The SMILES string of the molecule is Cc1cccc(-n2ncc3c2CCC[C@@H]3NC(=O)C2=CC(=O)CC(C)(C)O2)c1C. The van der Waals surface area contributed by atoms with E-state index in [4.69, 9.17) is 4.74 Å². The fraction of sp³-hybridized carbons (Fsp3) is 0.435. The van der Waals surface area contributed by atoms with Gasteiger partial charge in [-0.3, -0.25) is 9.59 Å². The second kappa shape index (κ2) is 7.17. The normalized spacial score (nSPS) is 20.5. The zero-order chi connectivity index (χ0) is 20.8. The maximum atomic E-state index is 12.8. The molecule has 1 aromatic carbocycles. The fourth-order valence-electron chi connectivity index (χ4n) is 4.20. The Morgan fingerprint density at radius 2 is 2.10 bits per heavy atom. The highest BCUT2D eigenvalue weighted by atomic mass is 16.5. The van der Waals surface area contributed by atoms with Crippen LogP contribution in [0.15, 0.2) is 36.2 Å². The van der Waals surface area contributed by atoms with Crippen LogP contribution in [0.4, 0.5) is 0 Å². The molecule has 152 valence electrons. The Kier molecular flexibility index (Phi) is 4.81. The summed E-state index contributed by atoms with van der Waals surface area (Å²) in [6.45, 7) is 7.83. The summed E-state index contributed by atoms with van der Waals surface area (Å²) in [6.07, 6.45) is 6.15. The van der Waals surface area contributed by atoms with Gasteiger partial charge in [0, 0.05) is 23.8 Å². The van der Waals surface area contributed by atoms with Gasteiger partial charge in [-0.1, -0.05) is 12.1 Å². The Balaban J connectivity index is 1.60. The number of hydrogen-bond donors (Lipinski definition) is 1. The van der Waals surface area contributed by atoms with E-state index in [1.54, 1.807) is 0 Å². The first-order valence-corrected chi connectivity index (χ1v) is 10.1. The minimum atomic E-state index is -0.663. The molecule has 0 saturated carbocycles. The van der Waals surface area contributed by atoms with Crippen LogP contribution in [0.2, 0.25) is 0 Å². The predicted molar refractivity (Wildman–Crippen MR) is 110 cm³/mol. The average molecular weight is 393 g/mol. The van der Waals surface area contributed by atoms with Crippen LogP contribution in [0.5, 0.6) is 0 Å². The molecule has 4 rings (SSSR count). The number of amides is 1. The molecule has 0 radical (unpaired) electrons. The zero-order valence-corrected chi connectivity index (χ0v) is 17.4. The maximum absolute atomic E-state index is 12.8. The van der Waals surface area contributed by atoms with Crippen LogP contribution in [0.1, 0.15) is 61.5 Å². The van der Waals surface area contributed by atoms with Crippen molar-refractivity contribution in [3.63, 3.8) is 0 Å². The van der Waals surface area contributed by atoms with Gasteiger partial charge in [-0.05, 0) is 64.2 Å². The average Bonchev–Trinajstić information content (AvgIpc) is 3.07. The lowest BCUT2D eigenvalue weighted by Gasteiger charge is -2.31. The van der Waals surface area contributed by atoms with E-state index in [1.165, 1.54) is 17.2 Å². The number of nitrogens with one attached hydrogen (secondary N) is 1. The summed E-state index contributed by atoms with van der Waals surface area (Å²) in [5.74, 6) is -0.331. The molecule has 1 aliphatic carbocycles. The van der Waals surface area contributed by atoms with Crippen molar-refractivity contribution in [3.05, 3.63) is 58.6 Å². The van der Waals surface area contributed by atoms with Gasteiger partial charge in [0.1, 0.15) is 5.60 Å². The summed E-state index contributed by atoms with van der Waals surface area (Å²) in [5.41, 5.74) is 5.00. The molecule has 1 N–H and O–H groups in total. The molecule has 2 aliphatic rings. The number of ether oxygens (including phenoxy) is 1. The van der Waals surface area contributed by atoms with Crippen molar-refractivity contribution in [2.75, 3.05) is 0 Å². The number of rotatable bonds is 3. The van der Waals surface area contributed by atoms with Crippen molar-refractivity contribution in [3.8, 4) is 5.69 Å². The summed E-state index contributed by atoms with van der Waals surface area (Å²) < 4.78 is 7.75. The number of nitrogens with zero attached hydrogens (tertiary/aromatic N) is 2. The molecular formula is C23H27N3O3. The monoisotopic (exact) mass is 393 g/mol. The molecule has 6 nitrogen and oxygen atoms in total. The smallest absolute Gasteiger partial charge is 0.286 e. The first-order chi connectivity index (χ1) is 13.7. The van der Waals surface area contributed by atoms with Gasteiger partial charge in [0.15, 0.2) is 11.5 Å². The topological polar surface area (TPSA) is 73.2 Å². The van der Waals surface area contributed by atoms with Crippen LogP contribution in [-0.2, 0) is 20.7 Å². The molecule has 0 unspecified atom stereocenters. The Bertz CT molecular complexity index is 1020. The number of benzene rings is 1. The second-order valence-electron chi connectivity index (χ2n) is 8.61. The minimum Gasteiger partial charge on any atom is -0.482 e. The van der Waals surface area contributed by atoms with E-state index < -0.39 is 5.60 Å². The third-order valence-electron chi connectivity index (χ3n) is 5.79. The second-order valence-corrected chi connectivity index (χ2v) is 8.61. The lowest BCUT2D eigenvalue weighted by molar-refractivity contribution is -0.131. The van der Waals surface area contributed by atoms with Crippen LogP contribution < -0.4 is 5.32 Å². The predicted octanol–water partition coefficient (Wildman–Crippen LogP) is 3.63. The van der Waals surface area contributed by atoms with Gasteiger partial charge in [0.2, 0.25) is 0 Å². The van der Waals surface area contributed by atoms with Crippen molar-refractivity contribution in [1.82, 2.24) is 15.1 Å². The van der Waals surface area contributed by atoms with Gasteiger partial charge in [-0.25, -0.2) is 4.68 Å². The van der Waals surface area contributed by atoms with Crippen molar-refractivity contribution in [2.24, 2.45) is 0 Å². The number of aromatic nitrogens is 2. The quantitative estimate of drug-likeness (QED) is 0.864. The summed E-state index contributed by atoms with van der Waals surface area (Å²) in [5, 5.41) is 7.70. The Morgan fingerprint density at radius 3 is 2.86 bits per heavy atom. The van der Waals surface area contributed by atoms with Crippen LogP contribution >= 0.6 is 0 Å². The lowest BCUT2D eigenvalue weighted by atomic mass is 9.92. The van der Waals surface area contributed by atoms with Crippen molar-refractivity contribution < 1.29 is 14.3 Å². The maximum Gasteiger partial charge on any atom is 0.286 e. The Morgan fingerprint density at radius 1 is 1.31 bits per heavy atom. The van der Waals surface area contributed by atoms with E-state index in [9.17, 15) is 9.59 Å². The molecule has 0 spiro atoms. The van der Waals surface area contributed by atoms with Crippen LogP contribution in [0, 0.1) is 13.8 Å². The molecular weight excluding hydrogens is 366 g/mol. The standard InChI is InChI=1S/C23H27N3O3/c1-14-7-5-9-19(15(14)2)26-20-10-6-8-18(17(20)13-24-26)25-22(28)21-11-16(27)12-23(3,4)29-21/h5,7,9,11,13,18H,6,8,10,12H2,1-4H3,(H,25,28)/t18-/m0/s1. The van der Waals surface area contributed by atoms with Gasteiger partial charge in [-0.2, -0.15) is 5.10 Å². The summed E-state index contributed by atoms with van der Waals surface area (Å²) in [4.78, 5) is 24.8. The van der Waals surface area contributed by atoms with Crippen molar-refractivity contribution >= 4 is 11.7 Å². The van der Waals surface area contributed by atoms with Crippen LogP contribution in [0.3, 0.4) is 0 Å². The molecule has 29 heavy (non-hydrogen) atoms. The molecule has 1 aliphatic heterocycles. The molecule has 2 aromatic rings. The van der Waals surface area contributed by atoms with Gasteiger partial charge < -0.3 is 10.1 Å². The minimum absolute atomic E-state index is 0.0847. The Hall–Kier alpha value is -2.89. The van der Waals surface area contributed by atoms with Gasteiger partial charge in [0.25, 0.3) is 5.91 Å². The molecule has 6 heteroatoms. The van der Waals surface area contributed by atoms with Gasteiger partial charge in [0.05, 0.1) is 17.9 Å².